The van der Waals surface area contributed by atoms with Gasteiger partial charge in [-0.3, -0.25) is 4.90 Å². The van der Waals surface area contributed by atoms with E-state index < -0.39 is 5.60 Å². The fourth-order valence-corrected chi connectivity index (χ4v) is 3.08. The Bertz CT molecular complexity index is 413. The second kappa shape index (κ2) is 5.82. The van der Waals surface area contributed by atoms with Crippen LogP contribution in [-0.4, -0.2) is 34.7 Å². The summed E-state index contributed by atoms with van der Waals surface area (Å²) < 4.78 is 0. The van der Waals surface area contributed by atoms with Gasteiger partial charge in [0.25, 0.3) is 0 Å². The molecule has 1 N–H and O–H groups in total. The summed E-state index contributed by atoms with van der Waals surface area (Å²) >= 11 is 5.92. The Morgan fingerprint density at radius 2 is 2.00 bits per heavy atom. The summed E-state index contributed by atoms with van der Waals surface area (Å²) in [7, 11) is 0. The van der Waals surface area contributed by atoms with Gasteiger partial charge < -0.3 is 5.11 Å². The molecule has 0 saturated carbocycles. The molecule has 1 radical (unpaired) electrons. The van der Waals surface area contributed by atoms with E-state index in [0.29, 0.717) is 6.04 Å². The summed E-state index contributed by atoms with van der Waals surface area (Å²) in [5.41, 5.74) is 0.720. The van der Waals surface area contributed by atoms with Crippen LogP contribution in [-0.2, 0) is 6.42 Å². The largest absolute Gasteiger partial charge is 0.389 e. The van der Waals surface area contributed by atoms with Crippen molar-refractivity contribution >= 4 is 11.6 Å². The number of hydrogen-bond acceptors (Lipinski definition) is 2. The van der Waals surface area contributed by atoms with Crippen LogP contribution in [0.2, 0.25) is 5.02 Å². The van der Waals surface area contributed by atoms with Crippen molar-refractivity contribution in [3.63, 3.8) is 0 Å². The minimum atomic E-state index is -0.563. The maximum absolute atomic E-state index is 10.3. The molecule has 1 aliphatic rings. The van der Waals surface area contributed by atoms with Crippen LogP contribution in [0.4, 0.5) is 0 Å². The molecule has 1 fully saturated rings. The number of rotatable bonds is 4. The Hall–Kier alpha value is -0.570. The second-order valence-electron chi connectivity index (χ2n) is 6.30. The maximum atomic E-state index is 10.3. The van der Waals surface area contributed by atoms with Gasteiger partial charge in [-0.1, -0.05) is 37.6 Å². The Morgan fingerprint density at radius 3 is 2.58 bits per heavy atom. The fraction of sp³-hybridized carbons (Fsp3) is 0.562. The predicted molar refractivity (Wildman–Crippen MR) is 80.3 cm³/mol. The Kier molecular flexibility index (Phi) is 4.54. The van der Waals surface area contributed by atoms with Gasteiger partial charge in [0.1, 0.15) is 0 Å². The van der Waals surface area contributed by atoms with E-state index in [4.69, 9.17) is 11.6 Å². The second-order valence-corrected chi connectivity index (χ2v) is 6.73. The summed E-state index contributed by atoms with van der Waals surface area (Å²) in [5.74, 6) is 1.39. The molecule has 19 heavy (non-hydrogen) atoms. The van der Waals surface area contributed by atoms with Crippen LogP contribution >= 0.6 is 11.6 Å². The summed E-state index contributed by atoms with van der Waals surface area (Å²) in [6, 6.07) is 8.44. The van der Waals surface area contributed by atoms with E-state index in [0.717, 1.165) is 31.0 Å². The number of likely N-dealkylation sites (tertiary alicyclic amines) is 1. The predicted octanol–water partition coefficient (Wildman–Crippen LogP) is 3.32. The lowest BCUT2D eigenvalue weighted by Gasteiger charge is -2.25. The first-order valence-corrected chi connectivity index (χ1v) is 7.23. The van der Waals surface area contributed by atoms with Gasteiger partial charge in [0.05, 0.1) is 5.60 Å². The normalized spacial score (nSPS) is 28.2. The SMILES string of the molecule is C[C](C)CN1CC(C)(O)C[C@@H]1Cc1ccc(Cl)cc1. The van der Waals surface area contributed by atoms with E-state index in [-0.39, 0.29) is 0 Å². The van der Waals surface area contributed by atoms with E-state index in [1.807, 2.05) is 19.1 Å². The molecule has 1 aromatic rings. The number of halogens is 1. The van der Waals surface area contributed by atoms with E-state index >= 15 is 0 Å². The van der Waals surface area contributed by atoms with E-state index in [1.54, 1.807) is 0 Å². The average Bonchev–Trinajstić information content (AvgIpc) is 2.55. The Morgan fingerprint density at radius 1 is 1.37 bits per heavy atom. The summed E-state index contributed by atoms with van der Waals surface area (Å²) in [6.07, 6.45) is 1.81. The number of benzene rings is 1. The molecule has 0 bridgehead atoms. The van der Waals surface area contributed by atoms with Gasteiger partial charge >= 0.3 is 0 Å². The van der Waals surface area contributed by atoms with Gasteiger partial charge in [-0.2, -0.15) is 0 Å². The first-order chi connectivity index (χ1) is 8.85. The lowest BCUT2D eigenvalue weighted by atomic mass is 9.98. The molecule has 1 heterocycles. The standard InChI is InChI=1S/C16H23ClNO/c1-12(2)10-18-11-16(3,19)9-15(18)8-13-4-6-14(17)7-5-13/h4-7,15,19H,8-11H2,1-3H3/t15-,16?/m0/s1. The zero-order valence-electron chi connectivity index (χ0n) is 12.0. The minimum absolute atomic E-state index is 0.408. The maximum Gasteiger partial charge on any atom is 0.0761 e. The van der Waals surface area contributed by atoms with Crippen LogP contribution in [0.15, 0.2) is 24.3 Å². The first-order valence-electron chi connectivity index (χ1n) is 6.86. The van der Waals surface area contributed by atoms with Crippen LogP contribution in [0.3, 0.4) is 0 Å². The average molecular weight is 281 g/mol. The summed E-state index contributed by atoms with van der Waals surface area (Å²) in [6.45, 7) is 7.95. The zero-order valence-corrected chi connectivity index (χ0v) is 12.7. The molecule has 0 aromatic heterocycles. The number of aliphatic hydroxyl groups is 1. The van der Waals surface area contributed by atoms with Crippen LogP contribution in [0.25, 0.3) is 0 Å². The molecule has 0 aliphatic carbocycles. The van der Waals surface area contributed by atoms with Crippen molar-refractivity contribution < 1.29 is 5.11 Å². The number of hydrogen-bond donors (Lipinski definition) is 1. The third-order valence-electron chi connectivity index (χ3n) is 3.64. The summed E-state index contributed by atoms with van der Waals surface area (Å²) in [5, 5.41) is 11.1. The lowest BCUT2D eigenvalue weighted by molar-refractivity contribution is 0.0694. The summed E-state index contributed by atoms with van der Waals surface area (Å²) in [4.78, 5) is 2.39. The van der Waals surface area contributed by atoms with Crippen LogP contribution < -0.4 is 0 Å². The molecule has 2 rings (SSSR count). The molecular formula is C16H23ClNO. The van der Waals surface area contributed by atoms with Gasteiger partial charge in [0, 0.05) is 24.2 Å². The molecular weight excluding hydrogens is 258 g/mol. The third-order valence-corrected chi connectivity index (χ3v) is 3.89. The molecule has 2 atom stereocenters. The molecule has 1 saturated heterocycles. The minimum Gasteiger partial charge on any atom is -0.389 e. The van der Waals surface area contributed by atoms with Gasteiger partial charge in [0.15, 0.2) is 0 Å². The number of nitrogens with zero attached hydrogens (tertiary/aromatic N) is 1. The van der Waals surface area contributed by atoms with Gasteiger partial charge in [-0.15, -0.1) is 0 Å². The van der Waals surface area contributed by atoms with Crippen molar-refractivity contribution in [2.45, 2.75) is 45.3 Å². The van der Waals surface area contributed by atoms with Crippen molar-refractivity contribution in [2.75, 3.05) is 13.1 Å². The molecule has 1 unspecified atom stereocenters. The highest BCUT2D eigenvalue weighted by Crippen LogP contribution is 2.30. The van der Waals surface area contributed by atoms with Crippen LogP contribution in [0, 0.1) is 5.92 Å². The van der Waals surface area contributed by atoms with Crippen molar-refractivity contribution in [3.05, 3.63) is 40.8 Å². The van der Waals surface area contributed by atoms with E-state index in [1.165, 1.54) is 11.5 Å². The van der Waals surface area contributed by atoms with Gasteiger partial charge in [-0.25, -0.2) is 0 Å². The topological polar surface area (TPSA) is 23.5 Å². The fourth-order valence-electron chi connectivity index (χ4n) is 2.95. The Balaban J connectivity index is 2.06. The highest BCUT2D eigenvalue weighted by atomic mass is 35.5. The first kappa shape index (κ1) is 14.8. The monoisotopic (exact) mass is 280 g/mol. The van der Waals surface area contributed by atoms with Gasteiger partial charge in [0.2, 0.25) is 0 Å². The molecule has 2 nitrogen and oxygen atoms in total. The zero-order chi connectivity index (χ0) is 14.0. The van der Waals surface area contributed by atoms with E-state index in [2.05, 4.69) is 30.9 Å². The highest BCUT2D eigenvalue weighted by molar-refractivity contribution is 6.30. The highest BCUT2D eigenvalue weighted by Gasteiger charge is 2.38. The molecule has 1 aliphatic heterocycles. The molecule has 1 aromatic carbocycles. The van der Waals surface area contributed by atoms with Crippen molar-refractivity contribution in [1.29, 1.82) is 0 Å². The van der Waals surface area contributed by atoms with Gasteiger partial charge in [-0.05, 0) is 43.4 Å². The third kappa shape index (κ3) is 4.20. The number of β-amino-alcohol motifs (C(OH)–C–C–N with tert-alkyl or cyclic N) is 1. The molecule has 105 valence electrons. The van der Waals surface area contributed by atoms with Crippen LogP contribution in [0.5, 0.6) is 0 Å². The van der Waals surface area contributed by atoms with E-state index in [9.17, 15) is 5.11 Å². The Labute approximate surface area is 121 Å². The molecule has 3 heteroatoms. The lowest BCUT2D eigenvalue weighted by Crippen LogP contribution is -2.35. The van der Waals surface area contributed by atoms with Crippen LogP contribution in [0.1, 0.15) is 32.8 Å². The van der Waals surface area contributed by atoms with Crippen molar-refractivity contribution in [3.8, 4) is 0 Å². The quantitative estimate of drug-likeness (QED) is 0.915. The smallest absolute Gasteiger partial charge is 0.0761 e. The molecule has 0 amide bonds. The van der Waals surface area contributed by atoms with Crippen molar-refractivity contribution in [2.24, 2.45) is 0 Å². The van der Waals surface area contributed by atoms with Crippen molar-refractivity contribution in [1.82, 2.24) is 4.90 Å². The molecule has 0 spiro atoms.